The molecule has 2 N–H and O–H groups in total. The fourth-order valence-electron chi connectivity index (χ4n) is 3.14. The van der Waals surface area contributed by atoms with E-state index in [1.54, 1.807) is 4.90 Å². The van der Waals surface area contributed by atoms with Gasteiger partial charge in [0.05, 0.1) is 24.1 Å². The standard InChI is InChI=1S/C19H25N5O3/c1-13(2)20-17(25)11-23-9-10-24(12-19(23)27)18(26)8-7-16-21-14-5-3-4-6-15(14)22-16/h3-6,13H,7-12H2,1-2H3,(H,20,25)(H,21,22). The van der Waals surface area contributed by atoms with E-state index in [0.717, 1.165) is 16.9 Å². The molecule has 1 aromatic heterocycles. The molecular formula is C19H25N5O3. The zero-order valence-electron chi connectivity index (χ0n) is 15.7. The van der Waals surface area contributed by atoms with Gasteiger partial charge in [-0.3, -0.25) is 14.4 Å². The van der Waals surface area contributed by atoms with Gasteiger partial charge in [-0.2, -0.15) is 0 Å². The largest absolute Gasteiger partial charge is 0.352 e. The Morgan fingerprint density at radius 3 is 2.74 bits per heavy atom. The van der Waals surface area contributed by atoms with Gasteiger partial charge in [-0.05, 0) is 26.0 Å². The number of piperazine rings is 1. The minimum absolute atomic E-state index is 0.0217. The third-order valence-corrected chi connectivity index (χ3v) is 4.47. The molecule has 0 atom stereocenters. The molecule has 3 amide bonds. The van der Waals surface area contributed by atoms with E-state index in [9.17, 15) is 14.4 Å². The van der Waals surface area contributed by atoms with E-state index >= 15 is 0 Å². The number of aromatic nitrogens is 2. The Morgan fingerprint density at radius 2 is 2.04 bits per heavy atom. The number of H-pyrrole nitrogens is 1. The highest BCUT2D eigenvalue weighted by Crippen LogP contribution is 2.12. The maximum atomic E-state index is 12.4. The molecule has 0 unspecified atom stereocenters. The fourth-order valence-corrected chi connectivity index (χ4v) is 3.14. The van der Waals surface area contributed by atoms with E-state index in [4.69, 9.17) is 0 Å². The number of carbonyl (C=O) groups excluding carboxylic acids is 3. The molecule has 3 rings (SSSR count). The van der Waals surface area contributed by atoms with Crippen LogP contribution < -0.4 is 5.32 Å². The molecule has 0 aliphatic carbocycles. The Bertz CT molecular complexity index is 812. The molecule has 0 saturated carbocycles. The third-order valence-electron chi connectivity index (χ3n) is 4.47. The van der Waals surface area contributed by atoms with E-state index < -0.39 is 0 Å². The van der Waals surface area contributed by atoms with Gasteiger partial charge in [0.25, 0.3) is 0 Å². The fraction of sp³-hybridized carbons (Fsp3) is 0.474. The van der Waals surface area contributed by atoms with Crippen molar-refractivity contribution in [3.63, 3.8) is 0 Å². The van der Waals surface area contributed by atoms with Crippen molar-refractivity contribution in [1.82, 2.24) is 25.1 Å². The molecule has 8 heteroatoms. The van der Waals surface area contributed by atoms with Crippen molar-refractivity contribution in [2.75, 3.05) is 26.2 Å². The molecule has 8 nitrogen and oxygen atoms in total. The molecule has 2 heterocycles. The number of hydrogen-bond acceptors (Lipinski definition) is 4. The lowest BCUT2D eigenvalue weighted by molar-refractivity contribution is -0.146. The van der Waals surface area contributed by atoms with E-state index in [-0.39, 0.29) is 36.9 Å². The van der Waals surface area contributed by atoms with Gasteiger partial charge in [-0.15, -0.1) is 0 Å². The number of nitrogens with one attached hydrogen (secondary N) is 2. The van der Waals surface area contributed by atoms with E-state index in [2.05, 4.69) is 15.3 Å². The number of hydrogen-bond donors (Lipinski definition) is 2. The van der Waals surface area contributed by atoms with Crippen LogP contribution in [0.2, 0.25) is 0 Å². The minimum atomic E-state index is -0.197. The van der Waals surface area contributed by atoms with Gasteiger partial charge >= 0.3 is 0 Å². The summed E-state index contributed by atoms with van der Waals surface area (Å²) in [6.45, 7) is 4.63. The van der Waals surface area contributed by atoms with Gasteiger partial charge in [-0.25, -0.2) is 4.98 Å². The van der Waals surface area contributed by atoms with Crippen molar-refractivity contribution >= 4 is 28.8 Å². The summed E-state index contributed by atoms with van der Waals surface area (Å²) >= 11 is 0. The number of para-hydroxylation sites is 2. The Hall–Kier alpha value is -2.90. The second-order valence-corrected chi connectivity index (χ2v) is 7.05. The van der Waals surface area contributed by atoms with Gasteiger partial charge in [-0.1, -0.05) is 12.1 Å². The highest BCUT2D eigenvalue weighted by atomic mass is 16.2. The van der Waals surface area contributed by atoms with Crippen molar-refractivity contribution in [1.29, 1.82) is 0 Å². The normalized spacial score (nSPS) is 14.9. The van der Waals surface area contributed by atoms with Crippen LogP contribution in [-0.2, 0) is 20.8 Å². The highest BCUT2D eigenvalue weighted by Gasteiger charge is 2.28. The molecule has 144 valence electrons. The predicted octanol–water partition coefficient (Wildman–Crippen LogP) is 0.691. The summed E-state index contributed by atoms with van der Waals surface area (Å²) < 4.78 is 0. The van der Waals surface area contributed by atoms with Gasteiger partial charge in [0.15, 0.2) is 0 Å². The number of aryl methyl sites for hydroxylation is 1. The molecule has 0 bridgehead atoms. The minimum Gasteiger partial charge on any atom is -0.352 e. The Morgan fingerprint density at radius 1 is 1.26 bits per heavy atom. The summed E-state index contributed by atoms with van der Waals surface area (Å²) in [5.74, 6) is 0.315. The second kappa shape index (κ2) is 8.20. The summed E-state index contributed by atoms with van der Waals surface area (Å²) in [4.78, 5) is 47.2. The molecule has 27 heavy (non-hydrogen) atoms. The quantitative estimate of drug-likeness (QED) is 0.781. The molecule has 1 aliphatic rings. The molecule has 2 aromatic rings. The maximum Gasteiger partial charge on any atom is 0.242 e. The van der Waals surface area contributed by atoms with Gasteiger partial charge in [0.1, 0.15) is 5.82 Å². The van der Waals surface area contributed by atoms with E-state index in [0.29, 0.717) is 25.9 Å². The molecule has 1 fully saturated rings. The summed E-state index contributed by atoms with van der Waals surface area (Å²) in [6, 6.07) is 7.76. The lowest BCUT2D eigenvalue weighted by Crippen LogP contribution is -2.54. The first-order valence-electron chi connectivity index (χ1n) is 9.21. The number of imidazole rings is 1. The van der Waals surface area contributed by atoms with Crippen LogP contribution in [0.25, 0.3) is 11.0 Å². The van der Waals surface area contributed by atoms with Crippen LogP contribution in [0.3, 0.4) is 0 Å². The Balaban J connectivity index is 1.48. The molecule has 0 radical (unpaired) electrons. The van der Waals surface area contributed by atoms with Gasteiger partial charge in [0.2, 0.25) is 17.7 Å². The monoisotopic (exact) mass is 371 g/mol. The summed E-state index contributed by atoms with van der Waals surface area (Å²) in [6.07, 6.45) is 0.791. The lowest BCUT2D eigenvalue weighted by atomic mass is 10.2. The first kappa shape index (κ1) is 18.9. The second-order valence-electron chi connectivity index (χ2n) is 7.05. The van der Waals surface area contributed by atoms with Crippen LogP contribution >= 0.6 is 0 Å². The first-order valence-corrected chi connectivity index (χ1v) is 9.21. The van der Waals surface area contributed by atoms with Crippen LogP contribution in [-0.4, -0.2) is 69.7 Å². The number of fused-ring (bicyclic) bond motifs is 1. The highest BCUT2D eigenvalue weighted by molar-refractivity contribution is 5.89. The number of benzene rings is 1. The number of carbonyl (C=O) groups is 3. The molecule has 1 saturated heterocycles. The van der Waals surface area contributed by atoms with Crippen LogP contribution in [0.1, 0.15) is 26.1 Å². The molecule has 1 aromatic carbocycles. The average molecular weight is 371 g/mol. The van der Waals surface area contributed by atoms with Crippen LogP contribution in [0, 0.1) is 0 Å². The zero-order valence-corrected chi connectivity index (χ0v) is 15.7. The molecule has 1 aliphatic heterocycles. The molecular weight excluding hydrogens is 346 g/mol. The number of aromatic amines is 1. The Kier molecular flexibility index (Phi) is 5.73. The van der Waals surface area contributed by atoms with Crippen molar-refractivity contribution in [2.45, 2.75) is 32.7 Å². The lowest BCUT2D eigenvalue weighted by Gasteiger charge is -2.34. The van der Waals surface area contributed by atoms with Crippen molar-refractivity contribution < 1.29 is 14.4 Å². The number of nitrogens with zero attached hydrogens (tertiary/aromatic N) is 3. The van der Waals surface area contributed by atoms with Crippen molar-refractivity contribution in [2.24, 2.45) is 0 Å². The summed E-state index contributed by atoms with van der Waals surface area (Å²) in [5.41, 5.74) is 1.83. The average Bonchev–Trinajstić information content (AvgIpc) is 3.03. The maximum absolute atomic E-state index is 12.4. The molecule has 0 spiro atoms. The van der Waals surface area contributed by atoms with Crippen molar-refractivity contribution in [3.05, 3.63) is 30.1 Å². The number of amides is 3. The summed E-state index contributed by atoms with van der Waals surface area (Å²) in [7, 11) is 0. The van der Waals surface area contributed by atoms with Crippen LogP contribution in [0.5, 0.6) is 0 Å². The predicted molar refractivity (Wildman–Crippen MR) is 101 cm³/mol. The van der Waals surface area contributed by atoms with Crippen LogP contribution in [0.4, 0.5) is 0 Å². The Labute approximate surface area is 157 Å². The van der Waals surface area contributed by atoms with Gasteiger partial charge in [0, 0.05) is 32.0 Å². The topological polar surface area (TPSA) is 98.4 Å². The van der Waals surface area contributed by atoms with Crippen molar-refractivity contribution in [3.8, 4) is 0 Å². The smallest absolute Gasteiger partial charge is 0.242 e. The zero-order chi connectivity index (χ0) is 19.4. The van der Waals surface area contributed by atoms with Crippen LogP contribution in [0.15, 0.2) is 24.3 Å². The first-order chi connectivity index (χ1) is 12.9. The summed E-state index contributed by atoms with van der Waals surface area (Å²) in [5, 5.41) is 2.77. The SMILES string of the molecule is CC(C)NC(=O)CN1CCN(C(=O)CCc2nc3ccccc3[nH]2)CC1=O. The third kappa shape index (κ3) is 4.84. The van der Waals surface area contributed by atoms with Gasteiger partial charge < -0.3 is 20.1 Å². The number of rotatable bonds is 6. The van der Waals surface area contributed by atoms with E-state index in [1.165, 1.54) is 4.90 Å². The van der Waals surface area contributed by atoms with E-state index in [1.807, 2.05) is 38.1 Å².